The van der Waals surface area contributed by atoms with Crippen molar-refractivity contribution in [2.24, 2.45) is 0 Å². The maximum Gasteiger partial charge on any atom is 0.243 e. The van der Waals surface area contributed by atoms with E-state index in [9.17, 15) is 13.2 Å². The summed E-state index contributed by atoms with van der Waals surface area (Å²) in [6.45, 7) is 6.95. The summed E-state index contributed by atoms with van der Waals surface area (Å²) < 4.78 is 32.7. The molecule has 1 amide bonds. The lowest BCUT2D eigenvalue weighted by molar-refractivity contribution is -0.119. The van der Waals surface area contributed by atoms with Crippen LogP contribution in [0.1, 0.15) is 16.7 Å². The molecule has 6 nitrogen and oxygen atoms in total. The summed E-state index contributed by atoms with van der Waals surface area (Å²) in [5.41, 5.74) is 2.23. The first-order valence-electron chi connectivity index (χ1n) is 7.17. The average Bonchev–Trinajstić information content (AvgIpc) is 2.50. The van der Waals surface area contributed by atoms with Crippen LogP contribution in [0, 0.1) is 20.8 Å². The third-order valence-corrected chi connectivity index (χ3v) is 6.41. The van der Waals surface area contributed by atoms with Crippen molar-refractivity contribution >= 4 is 16.4 Å². The summed E-state index contributed by atoms with van der Waals surface area (Å²) in [6, 6.07) is 1.76. The van der Waals surface area contributed by atoms with Gasteiger partial charge in [0.25, 0.3) is 0 Å². The van der Waals surface area contributed by atoms with Gasteiger partial charge in [0.15, 0.2) is 0 Å². The van der Waals surface area contributed by atoms with E-state index in [0.29, 0.717) is 42.4 Å². The van der Waals surface area contributed by atoms with Gasteiger partial charge in [-0.05, 0) is 43.5 Å². The summed E-state index contributed by atoms with van der Waals surface area (Å²) in [5, 5.41) is 0. The molecule has 2 rings (SSSR count). The van der Waals surface area contributed by atoms with Gasteiger partial charge in [-0.3, -0.25) is 4.79 Å². The third kappa shape index (κ3) is 2.83. The molecule has 0 unspecified atom stereocenters. The van der Waals surface area contributed by atoms with E-state index in [-0.39, 0.29) is 0 Å². The minimum absolute atomic E-state index is 0.324. The molecule has 0 saturated carbocycles. The summed E-state index contributed by atoms with van der Waals surface area (Å²) >= 11 is 0. The smallest absolute Gasteiger partial charge is 0.243 e. The van der Waals surface area contributed by atoms with E-state index in [2.05, 4.69) is 0 Å². The van der Waals surface area contributed by atoms with Crippen LogP contribution in [0.25, 0.3) is 0 Å². The van der Waals surface area contributed by atoms with Crippen LogP contribution >= 0.6 is 0 Å². The van der Waals surface area contributed by atoms with Crippen LogP contribution in [-0.4, -0.2) is 57.3 Å². The van der Waals surface area contributed by atoms with Crippen molar-refractivity contribution in [3.63, 3.8) is 0 Å². The Hall–Kier alpha value is -1.60. The Kier molecular flexibility index (Phi) is 4.77. The molecule has 1 fully saturated rings. The first-order chi connectivity index (χ1) is 10.3. The highest BCUT2D eigenvalue weighted by atomic mass is 32.2. The summed E-state index contributed by atoms with van der Waals surface area (Å²) in [7, 11) is -1.99. The molecule has 0 spiro atoms. The molecular formula is C15H22N2O4S. The second kappa shape index (κ2) is 6.26. The van der Waals surface area contributed by atoms with Gasteiger partial charge in [-0.25, -0.2) is 8.42 Å². The highest BCUT2D eigenvalue weighted by molar-refractivity contribution is 7.89. The minimum Gasteiger partial charge on any atom is -0.496 e. The van der Waals surface area contributed by atoms with Crippen LogP contribution in [0.2, 0.25) is 0 Å². The van der Waals surface area contributed by atoms with Crippen molar-refractivity contribution in [1.29, 1.82) is 0 Å². The largest absolute Gasteiger partial charge is 0.496 e. The van der Waals surface area contributed by atoms with Gasteiger partial charge in [0.05, 0.1) is 12.0 Å². The van der Waals surface area contributed by atoms with E-state index in [4.69, 9.17) is 4.74 Å². The van der Waals surface area contributed by atoms with Gasteiger partial charge in [-0.15, -0.1) is 0 Å². The molecule has 0 N–H and O–H groups in total. The Morgan fingerprint density at radius 3 is 2.18 bits per heavy atom. The molecule has 1 aromatic rings. The standard InChI is InChI=1S/C15H22N2O4S/c1-11-9-14(21-4)12(2)13(3)15(11)22(19,20)17-7-5-16(10-18)6-8-17/h9-10H,5-8H2,1-4H3. The molecule has 0 aromatic heterocycles. The predicted octanol–water partition coefficient (Wildman–Crippen LogP) is 1.08. The quantitative estimate of drug-likeness (QED) is 0.777. The van der Waals surface area contributed by atoms with Crippen LogP contribution in [-0.2, 0) is 14.8 Å². The zero-order chi connectivity index (χ0) is 16.5. The maximum absolute atomic E-state index is 13.0. The summed E-state index contributed by atoms with van der Waals surface area (Å²) in [5.74, 6) is 0.694. The molecular weight excluding hydrogens is 304 g/mol. The van der Waals surface area contributed by atoms with Gasteiger partial charge in [0, 0.05) is 26.2 Å². The number of piperazine rings is 1. The summed E-state index contributed by atoms with van der Waals surface area (Å²) in [4.78, 5) is 12.7. The van der Waals surface area contributed by atoms with E-state index in [0.717, 1.165) is 17.5 Å². The highest BCUT2D eigenvalue weighted by Gasteiger charge is 2.31. The first kappa shape index (κ1) is 16.8. The number of methoxy groups -OCH3 is 1. The van der Waals surface area contributed by atoms with E-state index in [1.807, 2.05) is 6.92 Å². The Labute approximate surface area is 131 Å². The summed E-state index contributed by atoms with van der Waals surface area (Å²) in [6.07, 6.45) is 0.762. The molecule has 0 bridgehead atoms. The SMILES string of the molecule is COc1cc(C)c(S(=O)(=O)N2CCN(C=O)CC2)c(C)c1C. The highest BCUT2D eigenvalue weighted by Crippen LogP contribution is 2.32. The number of benzene rings is 1. The van der Waals surface area contributed by atoms with Crippen molar-refractivity contribution < 1.29 is 17.9 Å². The third-order valence-electron chi connectivity index (χ3n) is 4.22. The van der Waals surface area contributed by atoms with Crippen molar-refractivity contribution in [2.75, 3.05) is 33.3 Å². The predicted molar refractivity (Wildman–Crippen MR) is 83.6 cm³/mol. The number of carbonyl (C=O) groups is 1. The number of hydrogen-bond donors (Lipinski definition) is 0. The van der Waals surface area contributed by atoms with Gasteiger partial charge in [0.2, 0.25) is 16.4 Å². The van der Waals surface area contributed by atoms with Crippen LogP contribution < -0.4 is 4.74 Å². The topological polar surface area (TPSA) is 66.9 Å². The molecule has 0 radical (unpaired) electrons. The molecule has 7 heteroatoms. The van der Waals surface area contributed by atoms with Crippen LogP contribution in [0.3, 0.4) is 0 Å². The fourth-order valence-electron chi connectivity index (χ4n) is 2.81. The Morgan fingerprint density at radius 1 is 1.09 bits per heavy atom. The first-order valence-corrected chi connectivity index (χ1v) is 8.61. The van der Waals surface area contributed by atoms with Crippen molar-refractivity contribution in [1.82, 2.24) is 9.21 Å². The lowest BCUT2D eigenvalue weighted by Gasteiger charge is -2.32. The second-order valence-electron chi connectivity index (χ2n) is 5.52. The van der Waals surface area contributed by atoms with E-state index < -0.39 is 10.0 Å². The van der Waals surface area contributed by atoms with Gasteiger partial charge >= 0.3 is 0 Å². The lowest BCUT2D eigenvalue weighted by atomic mass is 10.1. The van der Waals surface area contributed by atoms with Gasteiger partial charge in [0.1, 0.15) is 5.75 Å². The van der Waals surface area contributed by atoms with Crippen LogP contribution in [0.4, 0.5) is 0 Å². The van der Waals surface area contributed by atoms with Gasteiger partial charge < -0.3 is 9.64 Å². The molecule has 1 saturated heterocycles. The molecule has 22 heavy (non-hydrogen) atoms. The molecule has 1 heterocycles. The van der Waals surface area contributed by atoms with E-state index in [1.54, 1.807) is 31.9 Å². The van der Waals surface area contributed by atoms with E-state index in [1.165, 1.54) is 4.31 Å². The second-order valence-corrected chi connectivity index (χ2v) is 7.40. The number of sulfonamides is 1. The molecule has 1 aliphatic rings. The molecule has 1 aliphatic heterocycles. The van der Waals surface area contributed by atoms with Crippen molar-refractivity contribution in [2.45, 2.75) is 25.7 Å². The Balaban J connectivity index is 2.43. The van der Waals surface area contributed by atoms with Gasteiger partial charge in [-0.2, -0.15) is 4.31 Å². The zero-order valence-electron chi connectivity index (χ0n) is 13.4. The van der Waals surface area contributed by atoms with Gasteiger partial charge in [-0.1, -0.05) is 0 Å². The maximum atomic E-state index is 13.0. The fourth-order valence-corrected chi connectivity index (χ4v) is 4.72. The number of rotatable bonds is 4. The zero-order valence-corrected chi connectivity index (χ0v) is 14.2. The number of carbonyl (C=O) groups excluding carboxylic acids is 1. The van der Waals surface area contributed by atoms with E-state index >= 15 is 0 Å². The monoisotopic (exact) mass is 326 g/mol. The Bertz CT molecular complexity index is 677. The molecule has 122 valence electrons. The van der Waals surface area contributed by atoms with Crippen molar-refractivity contribution in [3.05, 3.63) is 22.8 Å². The number of aryl methyl sites for hydroxylation is 1. The molecule has 0 atom stereocenters. The normalized spacial score (nSPS) is 16.6. The lowest BCUT2D eigenvalue weighted by Crippen LogP contribution is -2.48. The number of nitrogens with zero attached hydrogens (tertiary/aromatic N) is 2. The van der Waals surface area contributed by atoms with Crippen LogP contribution in [0.15, 0.2) is 11.0 Å². The molecule has 0 aliphatic carbocycles. The minimum atomic E-state index is -3.57. The molecule has 1 aromatic carbocycles. The van der Waals surface area contributed by atoms with Crippen LogP contribution in [0.5, 0.6) is 5.75 Å². The number of amides is 1. The Morgan fingerprint density at radius 2 is 1.68 bits per heavy atom. The number of ether oxygens (including phenoxy) is 1. The fraction of sp³-hybridized carbons (Fsp3) is 0.533. The number of hydrogen-bond acceptors (Lipinski definition) is 4. The average molecular weight is 326 g/mol. The van der Waals surface area contributed by atoms with Crippen molar-refractivity contribution in [3.8, 4) is 5.75 Å².